The molecule has 2 aromatic rings. The van der Waals surface area contributed by atoms with Crippen molar-refractivity contribution in [3.05, 3.63) is 24.2 Å². The minimum Gasteiger partial charge on any atom is -0.381 e. The maximum absolute atomic E-state index is 5.70. The molecule has 0 bridgehead atoms. The van der Waals surface area contributed by atoms with E-state index in [0.717, 1.165) is 37.3 Å². The molecule has 2 atom stereocenters. The van der Waals surface area contributed by atoms with Crippen LogP contribution < -0.4 is 0 Å². The highest BCUT2D eigenvalue weighted by Crippen LogP contribution is 2.31. The quantitative estimate of drug-likeness (QED) is 0.867. The van der Waals surface area contributed by atoms with E-state index in [1.54, 1.807) is 0 Å². The fourth-order valence-corrected chi connectivity index (χ4v) is 4.86. The Kier molecular flexibility index (Phi) is 4.35. The number of hydrogen-bond donors (Lipinski definition) is 0. The van der Waals surface area contributed by atoms with Crippen molar-refractivity contribution >= 4 is 22.9 Å². The Labute approximate surface area is 135 Å². The van der Waals surface area contributed by atoms with E-state index in [0.29, 0.717) is 11.2 Å². The van der Waals surface area contributed by atoms with E-state index in [-0.39, 0.29) is 0 Å². The molecule has 0 aliphatic carbocycles. The van der Waals surface area contributed by atoms with Crippen LogP contribution in [0.5, 0.6) is 0 Å². The maximum atomic E-state index is 5.70. The summed E-state index contributed by atoms with van der Waals surface area (Å²) in [5.74, 6) is 2.92. The number of fused-ring (bicyclic) bond motifs is 1. The molecule has 0 aromatic carbocycles. The lowest BCUT2D eigenvalue weighted by molar-refractivity contribution is 0.0771. The summed E-state index contributed by atoms with van der Waals surface area (Å²) >= 11 is 2.12. The summed E-state index contributed by atoms with van der Waals surface area (Å²) in [6, 6.07) is 4.07. The summed E-state index contributed by atoms with van der Waals surface area (Å²) in [5, 5.41) is 0.705. The van der Waals surface area contributed by atoms with Gasteiger partial charge >= 0.3 is 0 Å². The molecule has 118 valence electrons. The standard InChI is InChI=1S/C17H23N3OS/c1-2-10-22-14(6-1)11-20-16(13-5-4-9-21-12-13)19-15-7-3-8-18-17(15)20/h3,7-8,13-14H,1-2,4-6,9-12H2. The number of rotatable bonds is 3. The molecular formula is C17H23N3OS. The van der Waals surface area contributed by atoms with E-state index in [1.807, 2.05) is 12.3 Å². The van der Waals surface area contributed by atoms with Gasteiger partial charge in [-0.25, -0.2) is 9.97 Å². The van der Waals surface area contributed by atoms with E-state index in [1.165, 1.54) is 37.3 Å². The smallest absolute Gasteiger partial charge is 0.160 e. The van der Waals surface area contributed by atoms with Crippen molar-refractivity contribution in [3.63, 3.8) is 0 Å². The summed E-state index contributed by atoms with van der Waals surface area (Å²) in [5.41, 5.74) is 2.08. The largest absolute Gasteiger partial charge is 0.381 e. The second-order valence-corrected chi connectivity index (χ2v) is 7.74. The van der Waals surface area contributed by atoms with Gasteiger partial charge in [-0.15, -0.1) is 0 Å². The fourth-order valence-electron chi connectivity index (χ4n) is 3.57. The molecule has 2 aliphatic heterocycles. The van der Waals surface area contributed by atoms with Crippen molar-refractivity contribution in [2.45, 2.75) is 49.8 Å². The van der Waals surface area contributed by atoms with Crippen LogP contribution >= 0.6 is 11.8 Å². The Bertz CT molecular complexity index is 630. The first-order valence-corrected chi connectivity index (χ1v) is 9.47. The van der Waals surface area contributed by atoms with Crippen molar-refractivity contribution in [2.24, 2.45) is 0 Å². The second kappa shape index (κ2) is 6.59. The SMILES string of the molecule is c1cnc2c(c1)nc(C1CCCOC1)n2CC1CCCCS1. The highest BCUT2D eigenvalue weighted by molar-refractivity contribution is 7.99. The minimum atomic E-state index is 0.427. The monoisotopic (exact) mass is 317 g/mol. The first kappa shape index (κ1) is 14.5. The first-order valence-electron chi connectivity index (χ1n) is 8.42. The molecular weight excluding hydrogens is 294 g/mol. The third-order valence-electron chi connectivity index (χ3n) is 4.72. The summed E-state index contributed by atoms with van der Waals surface area (Å²) in [7, 11) is 0. The molecule has 0 N–H and O–H groups in total. The number of thioether (sulfide) groups is 1. The van der Waals surface area contributed by atoms with Crippen LogP contribution in [0.2, 0.25) is 0 Å². The molecule has 0 amide bonds. The number of ether oxygens (including phenoxy) is 1. The van der Waals surface area contributed by atoms with Crippen molar-refractivity contribution in [1.82, 2.24) is 14.5 Å². The van der Waals surface area contributed by atoms with Crippen LogP contribution in [-0.2, 0) is 11.3 Å². The number of pyridine rings is 1. The molecule has 0 radical (unpaired) electrons. The van der Waals surface area contributed by atoms with Crippen LogP contribution in [0.3, 0.4) is 0 Å². The Morgan fingerprint density at radius 3 is 3.09 bits per heavy atom. The van der Waals surface area contributed by atoms with Gasteiger partial charge in [0.05, 0.1) is 6.61 Å². The van der Waals surface area contributed by atoms with Crippen LogP contribution in [0.4, 0.5) is 0 Å². The van der Waals surface area contributed by atoms with Gasteiger partial charge in [0.1, 0.15) is 11.3 Å². The van der Waals surface area contributed by atoms with Crippen LogP contribution in [0, 0.1) is 0 Å². The Balaban J connectivity index is 1.69. The van der Waals surface area contributed by atoms with E-state index in [2.05, 4.69) is 27.4 Å². The van der Waals surface area contributed by atoms with Gasteiger partial charge < -0.3 is 9.30 Å². The lowest BCUT2D eigenvalue weighted by Crippen LogP contribution is -2.23. The molecule has 0 saturated carbocycles. The molecule has 0 spiro atoms. The molecule has 5 heteroatoms. The molecule has 4 nitrogen and oxygen atoms in total. The minimum absolute atomic E-state index is 0.427. The van der Waals surface area contributed by atoms with Crippen molar-refractivity contribution in [3.8, 4) is 0 Å². The zero-order chi connectivity index (χ0) is 14.8. The first-order chi connectivity index (χ1) is 10.9. The number of nitrogens with zero attached hydrogens (tertiary/aromatic N) is 3. The van der Waals surface area contributed by atoms with Gasteiger partial charge in [-0.3, -0.25) is 0 Å². The molecule has 4 rings (SSSR count). The Morgan fingerprint density at radius 1 is 1.27 bits per heavy atom. The summed E-state index contributed by atoms with van der Waals surface area (Å²) in [4.78, 5) is 9.53. The third kappa shape index (κ3) is 2.88. The zero-order valence-corrected chi connectivity index (χ0v) is 13.7. The number of imidazole rings is 1. The van der Waals surface area contributed by atoms with Gasteiger partial charge in [0.2, 0.25) is 0 Å². The molecule has 4 heterocycles. The second-order valence-electron chi connectivity index (χ2n) is 6.33. The van der Waals surface area contributed by atoms with Crippen molar-refractivity contribution in [2.75, 3.05) is 19.0 Å². The Morgan fingerprint density at radius 2 is 2.27 bits per heavy atom. The molecule has 22 heavy (non-hydrogen) atoms. The highest BCUT2D eigenvalue weighted by atomic mass is 32.2. The maximum Gasteiger partial charge on any atom is 0.160 e. The van der Waals surface area contributed by atoms with E-state index in [9.17, 15) is 0 Å². The number of hydrogen-bond acceptors (Lipinski definition) is 4. The average Bonchev–Trinajstić information content (AvgIpc) is 2.95. The number of aromatic nitrogens is 3. The topological polar surface area (TPSA) is 39.9 Å². The van der Waals surface area contributed by atoms with Crippen molar-refractivity contribution < 1.29 is 4.74 Å². The predicted molar refractivity (Wildman–Crippen MR) is 90.4 cm³/mol. The van der Waals surface area contributed by atoms with Crippen LogP contribution in [-0.4, -0.2) is 38.8 Å². The van der Waals surface area contributed by atoms with E-state index < -0.39 is 0 Å². The third-order valence-corrected chi connectivity index (χ3v) is 6.10. The van der Waals surface area contributed by atoms with Gasteiger partial charge in [-0.05, 0) is 43.6 Å². The predicted octanol–water partition coefficient (Wildman–Crippen LogP) is 3.61. The van der Waals surface area contributed by atoms with Gasteiger partial charge in [-0.1, -0.05) is 6.42 Å². The summed E-state index contributed by atoms with van der Waals surface area (Å²) < 4.78 is 8.09. The lowest BCUT2D eigenvalue weighted by atomic mass is 10.0. The van der Waals surface area contributed by atoms with E-state index >= 15 is 0 Å². The van der Waals surface area contributed by atoms with Crippen LogP contribution in [0.1, 0.15) is 43.8 Å². The van der Waals surface area contributed by atoms with Crippen LogP contribution in [0.15, 0.2) is 18.3 Å². The summed E-state index contributed by atoms with van der Waals surface area (Å²) in [6.07, 6.45) is 8.25. The highest BCUT2D eigenvalue weighted by Gasteiger charge is 2.25. The normalized spacial score (nSPS) is 26.4. The lowest BCUT2D eigenvalue weighted by Gasteiger charge is -2.26. The Hall–Kier alpha value is -1.07. The van der Waals surface area contributed by atoms with E-state index in [4.69, 9.17) is 9.72 Å². The average molecular weight is 317 g/mol. The fraction of sp³-hybridized carbons (Fsp3) is 0.647. The van der Waals surface area contributed by atoms with Crippen LogP contribution in [0.25, 0.3) is 11.2 Å². The van der Waals surface area contributed by atoms with Gasteiger partial charge in [0.25, 0.3) is 0 Å². The molecule has 2 fully saturated rings. The zero-order valence-electron chi connectivity index (χ0n) is 12.9. The molecule has 2 aromatic heterocycles. The summed E-state index contributed by atoms with van der Waals surface area (Å²) in [6.45, 7) is 2.75. The van der Waals surface area contributed by atoms with Gasteiger partial charge in [0, 0.05) is 30.5 Å². The molecule has 2 saturated heterocycles. The van der Waals surface area contributed by atoms with Gasteiger partial charge in [0.15, 0.2) is 5.65 Å². The molecule has 2 aliphatic rings. The van der Waals surface area contributed by atoms with Crippen molar-refractivity contribution in [1.29, 1.82) is 0 Å². The van der Waals surface area contributed by atoms with Gasteiger partial charge in [-0.2, -0.15) is 11.8 Å². The molecule has 2 unspecified atom stereocenters.